The van der Waals surface area contributed by atoms with Crippen LogP contribution in [0.25, 0.3) is 0 Å². The molecule has 0 bridgehead atoms. The van der Waals surface area contributed by atoms with Crippen LogP contribution in [0.4, 0.5) is 5.69 Å². The van der Waals surface area contributed by atoms with Gasteiger partial charge in [0.05, 0.1) is 16.8 Å². The number of esters is 1. The van der Waals surface area contributed by atoms with E-state index in [-0.39, 0.29) is 39.6 Å². The van der Waals surface area contributed by atoms with Crippen LogP contribution in [-0.2, 0) is 22.5 Å². The van der Waals surface area contributed by atoms with Gasteiger partial charge in [-0.05, 0) is 42.5 Å². The Balaban J connectivity index is 1.37. The first-order valence-corrected chi connectivity index (χ1v) is 11.4. The van der Waals surface area contributed by atoms with Crippen LogP contribution >= 0.6 is 11.3 Å². The summed E-state index contributed by atoms with van der Waals surface area (Å²) < 4.78 is 5.42. The number of anilines is 1. The molecular weight excluding hydrogens is 440 g/mol. The summed E-state index contributed by atoms with van der Waals surface area (Å²) in [5, 5.41) is 2.01. The minimum Gasteiger partial charge on any atom is -0.449 e. The monoisotopic (exact) mass is 460 g/mol. The maximum Gasteiger partial charge on any atom is 0.341 e. The lowest BCUT2D eigenvalue weighted by Gasteiger charge is -2.29. The van der Waals surface area contributed by atoms with Crippen molar-refractivity contribution in [2.75, 3.05) is 12.3 Å². The number of hydrogen-bond donors (Lipinski definition) is 1. The first-order chi connectivity index (χ1) is 15.9. The van der Waals surface area contributed by atoms with E-state index in [0.29, 0.717) is 18.7 Å². The summed E-state index contributed by atoms with van der Waals surface area (Å²) in [4.78, 5) is 54.5. The molecule has 1 aliphatic heterocycles. The highest BCUT2D eigenvalue weighted by atomic mass is 32.1. The van der Waals surface area contributed by atoms with Gasteiger partial charge in [0.25, 0.3) is 5.91 Å². The molecule has 2 aliphatic rings. The van der Waals surface area contributed by atoms with E-state index in [4.69, 9.17) is 10.5 Å². The van der Waals surface area contributed by atoms with Crippen molar-refractivity contribution in [2.45, 2.75) is 26.0 Å². The van der Waals surface area contributed by atoms with Crippen LogP contribution in [0.5, 0.6) is 0 Å². The van der Waals surface area contributed by atoms with Crippen molar-refractivity contribution in [2.24, 2.45) is 0 Å². The van der Waals surface area contributed by atoms with Gasteiger partial charge in [-0.1, -0.05) is 24.3 Å². The number of carbonyl (C=O) groups excluding carboxylic acids is 4. The Kier molecular flexibility index (Phi) is 5.09. The van der Waals surface area contributed by atoms with Gasteiger partial charge in [0.1, 0.15) is 0 Å². The highest BCUT2D eigenvalue weighted by Crippen LogP contribution is 2.33. The molecule has 0 spiro atoms. The zero-order valence-electron chi connectivity index (χ0n) is 17.8. The molecule has 0 radical (unpaired) electrons. The van der Waals surface area contributed by atoms with Crippen LogP contribution in [0.1, 0.15) is 59.6 Å². The molecule has 1 amide bonds. The first kappa shape index (κ1) is 21.1. The average Bonchev–Trinajstić information content (AvgIpc) is 3.29. The molecular formula is C25H20N2O5S. The molecule has 2 aromatic carbocycles. The number of fused-ring (bicyclic) bond motifs is 3. The van der Waals surface area contributed by atoms with Gasteiger partial charge < -0.3 is 15.4 Å². The maximum absolute atomic E-state index is 13.0. The fourth-order valence-electron chi connectivity index (χ4n) is 4.36. The minimum atomic E-state index is -1.02. The standard InChI is InChI=1S/C25H20N2O5S/c1-13(24(30)27-10-8-19-14(12-27)9-11-33-19)32-25(31)18-7-6-17-20(21(18)26)23(29)16-5-3-2-4-15(16)22(17)28/h2-7,9,11,13H,8,10,12,26H2,1H3. The summed E-state index contributed by atoms with van der Waals surface area (Å²) in [6, 6.07) is 11.3. The lowest BCUT2D eigenvalue weighted by molar-refractivity contribution is -0.140. The lowest BCUT2D eigenvalue weighted by atomic mass is 9.82. The Morgan fingerprint density at radius 3 is 2.52 bits per heavy atom. The van der Waals surface area contributed by atoms with E-state index in [0.717, 1.165) is 12.0 Å². The maximum atomic E-state index is 13.0. The largest absolute Gasteiger partial charge is 0.449 e. The number of nitrogens with zero attached hydrogens (tertiary/aromatic N) is 1. The molecule has 8 heteroatoms. The molecule has 3 aromatic rings. The molecule has 2 heterocycles. The van der Waals surface area contributed by atoms with Gasteiger partial charge in [-0.15, -0.1) is 11.3 Å². The highest BCUT2D eigenvalue weighted by Gasteiger charge is 2.34. The van der Waals surface area contributed by atoms with E-state index in [1.807, 2.05) is 11.4 Å². The smallest absolute Gasteiger partial charge is 0.341 e. The van der Waals surface area contributed by atoms with Gasteiger partial charge in [-0.3, -0.25) is 14.4 Å². The van der Waals surface area contributed by atoms with Gasteiger partial charge in [0.2, 0.25) is 0 Å². The Morgan fingerprint density at radius 1 is 1.03 bits per heavy atom. The van der Waals surface area contributed by atoms with Crippen LogP contribution in [-0.4, -0.2) is 41.0 Å². The van der Waals surface area contributed by atoms with Crippen molar-refractivity contribution in [3.05, 3.63) is 86.1 Å². The van der Waals surface area contributed by atoms with E-state index >= 15 is 0 Å². The number of amides is 1. The quantitative estimate of drug-likeness (QED) is 0.372. The Labute approximate surface area is 193 Å². The Hall–Kier alpha value is -3.78. The van der Waals surface area contributed by atoms with Crippen LogP contribution < -0.4 is 5.73 Å². The second kappa shape index (κ2) is 7.97. The molecule has 0 fully saturated rings. The summed E-state index contributed by atoms with van der Waals surface area (Å²) >= 11 is 1.68. The summed E-state index contributed by atoms with van der Waals surface area (Å²) in [7, 11) is 0. The molecule has 166 valence electrons. The Morgan fingerprint density at radius 2 is 1.76 bits per heavy atom. The fraction of sp³-hybridized carbons (Fsp3) is 0.200. The zero-order valence-corrected chi connectivity index (χ0v) is 18.6. The number of rotatable bonds is 3. The minimum absolute atomic E-state index is 0.00635. The van der Waals surface area contributed by atoms with E-state index in [9.17, 15) is 19.2 Å². The van der Waals surface area contributed by atoms with Gasteiger partial charge in [-0.25, -0.2) is 4.79 Å². The van der Waals surface area contributed by atoms with Crippen LogP contribution in [0.2, 0.25) is 0 Å². The molecule has 1 aliphatic carbocycles. The number of benzene rings is 2. The average molecular weight is 461 g/mol. The van der Waals surface area contributed by atoms with Crippen molar-refractivity contribution in [3.63, 3.8) is 0 Å². The van der Waals surface area contributed by atoms with E-state index in [1.165, 1.54) is 23.9 Å². The molecule has 5 rings (SSSR count). The third-order valence-electron chi connectivity index (χ3n) is 6.10. The second-order valence-electron chi connectivity index (χ2n) is 8.08. The number of nitrogens with two attached hydrogens (primary N) is 1. The van der Waals surface area contributed by atoms with Crippen LogP contribution in [0.15, 0.2) is 47.8 Å². The van der Waals surface area contributed by atoms with Crippen molar-refractivity contribution in [3.8, 4) is 0 Å². The number of nitrogen functional groups attached to an aromatic ring is 1. The molecule has 33 heavy (non-hydrogen) atoms. The summed E-state index contributed by atoms with van der Waals surface area (Å²) in [5.74, 6) is -1.86. The van der Waals surface area contributed by atoms with E-state index < -0.39 is 17.9 Å². The molecule has 1 atom stereocenters. The SMILES string of the molecule is CC(OC(=O)c1ccc2c(c1N)C(=O)c1ccccc1C2=O)C(=O)N1CCc2sccc2C1. The molecule has 0 saturated heterocycles. The third kappa shape index (κ3) is 3.43. The highest BCUT2D eigenvalue weighted by molar-refractivity contribution is 7.10. The molecule has 0 saturated carbocycles. The molecule has 1 aromatic heterocycles. The van der Waals surface area contributed by atoms with Crippen LogP contribution in [0, 0.1) is 0 Å². The summed E-state index contributed by atoms with van der Waals surface area (Å²) in [6.45, 7) is 2.56. The normalized spacial score (nSPS) is 15.4. The van der Waals surface area contributed by atoms with Crippen LogP contribution in [0.3, 0.4) is 0 Å². The topological polar surface area (TPSA) is 107 Å². The number of thiophene rings is 1. The number of ether oxygens (including phenoxy) is 1. The molecule has 1 unspecified atom stereocenters. The second-order valence-corrected chi connectivity index (χ2v) is 9.08. The fourth-order valence-corrected chi connectivity index (χ4v) is 5.25. The first-order valence-electron chi connectivity index (χ1n) is 10.5. The third-order valence-corrected chi connectivity index (χ3v) is 7.13. The van der Waals surface area contributed by atoms with E-state index in [2.05, 4.69) is 0 Å². The Bertz CT molecular complexity index is 1340. The summed E-state index contributed by atoms with van der Waals surface area (Å²) in [6.07, 6.45) is -0.249. The van der Waals surface area contributed by atoms with Gasteiger partial charge in [0.15, 0.2) is 17.7 Å². The number of carbonyl (C=O) groups is 4. The van der Waals surface area contributed by atoms with Crippen molar-refractivity contribution in [1.29, 1.82) is 0 Å². The summed E-state index contributed by atoms with van der Waals surface area (Å²) in [5.41, 5.74) is 7.82. The van der Waals surface area contributed by atoms with Gasteiger partial charge in [0, 0.05) is 34.7 Å². The van der Waals surface area contributed by atoms with Gasteiger partial charge in [-0.2, -0.15) is 0 Å². The molecule has 2 N–H and O–H groups in total. The zero-order chi connectivity index (χ0) is 23.3. The molecule has 7 nitrogen and oxygen atoms in total. The van der Waals surface area contributed by atoms with Crippen molar-refractivity contribution in [1.82, 2.24) is 4.90 Å². The lowest BCUT2D eigenvalue weighted by Crippen LogP contribution is -2.42. The number of hydrogen-bond acceptors (Lipinski definition) is 7. The predicted octanol–water partition coefficient (Wildman–Crippen LogP) is 3.24. The van der Waals surface area contributed by atoms with Gasteiger partial charge >= 0.3 is 5.97 Å². The van der Waals surface area contributed by atoms with Crippen molar-refractivity contribution < 1.29 is 23.9 Å². The van der Waals surface area contributed by atoms with Crippen molar-refractivity contribution >= 4 is 40.5 Å². The van der Waals surface area contributed by atoms with E-state index in [1.54, 1.807) is 40.5 Å². The predicted molar refractivity (Wildman–Crippen MR) is 122 cm³/mol. The number of ketones is 2.